The van der Waals surface area contributed by atoms with Crippen LogP contribution in [0.4, 0.5) is 0 Å². The molecule has 0 aliphatic heterocycles. The summed E-state index contributed by atoms with van der Waals surface area (Å²) in [5, 5.41) is 16.3. The summed E-state index contributed by atoms with van der Waals surface area (Å²) in [5.74, 6) is 0.934. The first-order valence-electron chi connectivity index (χ1n) is 4.23. The van der Waals surface area contributed by atoms with Crippen molar-refractivity contribution in [3.05, 3.63) is 5.51 Å². The average molecular weight is 228 g/mol. The van der Waals surface area contributed by atoms with Gasteiger partial charge in [-0.25, -0.2) is 0 Å². The van der Waals surface area contributed by atoms with Crippen molar-refractivity contribution in [2.45, 2.75) is 29.6 Å². The summed E-state index contributed by atoms with van der Waals surface area (Å²) >= 11 is 3.19. The van der Waals surface area contributed by atoms with Gasteiger partial charge in [0.2, 0.25) is 0 Å². The Kier molecular flexibility index (Phi) is 4.32. The second-order valence-electron chi connectivity index (χ2n) is 3.19. The smallest absolute Gasteiger partial charge is 0.174 e. The van der Waals surface area contributed by atoms with E-state index >= 15 is 0 Å². The predicted molar refractivity (Wildman–Crippen MR) is 58.1 cm³/mol. The highest BCUT2D eigenvalue weighted by atomic mass is 32.2. The number of nitriles is 1. The van der Waals surface area contributed by atoms with Crippen molar-refractivity contribution in [2.24, 2.45) is 5.73 Å². The van der Waals surface area contributed by atoms with E-state index in [-0.39, 0.29) is 0 Å². The zero-order valence-corrected chi connectivity index (χ0v) is 9.57. The molecule has 6 heteroatoms. The van der Waals surface area contributed by atoms with Crippen LogP contribution in [0.5, 0.6) is 0 Å². The van der Waals surface area contributed by atoms with Crippen molar-refractivity contribution in [3.63, 3.8) is 0 Å². The van der Waals surface area contributed by atoms with E-state index in [0.717, 1.165) is 22.9 Å². The van der Waals surface area contributed by atoms with Crippen molar-refractivity contribution < 1.29 is 0 Å². The maximum absolute atomic E-state index is 8.68. The van der Waals surface area contributed by atoms with Crippen LogP contribution in [0.2, 0.25) is 0 Å². The second-order valence-corrected chi connectivity index (χ2v) is 5.36. The van der Waals surface area contributed by atoms with Crippen LogP contribution < -0.4 is 5.73 Å². The molecule has 2 N–H and O–H groups in total. The third-order valence-corrected chi connectivity index (χ3v) is 3.61. The molecule has 1 aromatic heterocycles. The molecule has 0 fully saturated rings. The fourth-order valence-corrected chi connectivity index (χ4v) is 2.38. The molecule has 14 heavy (non-hydrogen) atoms. The Morgan fingerprint density at radius 3 is 3.14 bits per heavy atom. The SMILES string of the molecule is CC(N)(C#N)CCCSc1nncs1. The van der Waals surface area contributed by atoms with Gasteiger partial charge in [-0.15, -0.1) is 10.2 Å². The van der Waals surface area contributed by atoms with Gasteiger partial charge in [0.05, 0.1) is 6.07 Å². The largest absolute Gasteiger partial charge is 0.314 e. The molecule has 1 rings (SSSR count). The lowest BCUT2D eigenvalue weighted by atomic mass is 10.0. The van der Waals surface area contributed by atoms with Gasteiger partial charge in [-0.3, -0.25) is 0 Å². The molecule has 0 bridgehead atoms. The minimum absolute atomic E-state index is 0.693. The molecule has 1 unspecified atom stereocenters. The van der Waals surface area contributed by atoms with Crippen LogP contribution in [0.3, 0.4) is 0 Å². The number of nitrogens with zero attached hydrogens (tertiary/aromatic N) is 3. The second kappa shape index (κ2) is 5.29. The van der Waals surface area contributed by atoms with Gasteiger partial charge in [-0.2, -0.15) is 5.26 Å². The Balaban J connectivity index is 2.15. The first-order chi connectivity index (χ1) is 6.64. The van der Waals surface area contributed by atoms with E-state index in [0.29, 0.717) is 0 Å². The summed E-state index contributed by atoms with van der Waals surface area (Å²) in [5.41, 5.74) is 6.70. The van der Waals surface area contributed by atoms with Crippen LogP contribution in [0, 0.1) is 11.3 Å². The van der Waals surface area contributed by atoms with Crippen LogP contribution in [-0.2, 0) is 0 Å². The minimum Gasteiger partial charge on any atom is -0.314 e. The third-order valence-electron chi connectivity index (χ3n) is 1.66. The quantitative estimate of drug-likeness (QED) is 0.612. The number of hydrogen-bond donors (Lipinski definition) is 1. The lowest BCUT2D eigenvalue weighted by Crippen LogP contribution is -2.33. The number of thioether (sulfide) groups is 1. The first-order valence-corrected chi connectivity index (χ1v) is 6.10. The molecule has 1 aromatic rings. The zero-order chi connectivity index (χ0) is 10.4. The van der Waals surface area contributed by atoms with Crippen LogP contribution >= 0.6 is 23.1 Å². The summed E-state index contributed by atoms with van der Waals surface area (Å²) in [4.78, 5) is 0. The standard InChI is InChI=1S/C8H12N4S2/c1-8(10,5-9)3-2-4-13-7-12-11-6-14-7/h6H,2-4,10H2,1H3. The Hall–Kier alpha value is -0.640. The predicted octanol–water partition coefficient (Wildman–Crippen LogP) is 1.65. The molecule has 0 aromatic carbocycles. The van der Waals surface area contributed by atoms with Gasteiger partial charge in [0.25, 0.3) is 0 Å². The van der Waals surface area contributed by atoms with E-state index in [1.807, 2.05) is 0 Å². The van der Waals surface area contributed by atoms with Crippen molar-refractivity contribution in [2.75, 3.05) is 5.75 Å². The topological polar surface area (TPSA) is 75.6 Å². The molecule has 0 aliphatic carbocycles. The lowest BCUT2D eigenvalue weighted by molar-refractivity contribution is 0.540. The van der Waals surface area contributed by atoms with E-state index in [1.165, 1.54) is 11.3 Å². The Morgan fingerprint density at radius 2 is 2.57 bits per heavy atom. The summed E-state index contributed by atoms with van der Waals surface area (Å²) in [6.07, 6.45) is 1.64. The lowest BCUT2D eigenvalue weighted by Gasteiger charge is -2.13. The monoisotopic (exact) mass is 228 g/mol. The fraction of sp³-hybridized carbons (Fsp3) is 0.625. The molecule has 4 nitrogen and oxygen atoms in total. The fourth-order valence-electron chi connectivity index (χ4n) is 0.881. The van der Waals surface area contributed by atoms with Gasteiger partial charge in [-0.1, -0.05) is 23.1 Å². The van der Waals surface area contributed by atoms with Gasteiger partial charge in [0, 0.05) is 5.75 Å². The van der Waals surface area contributed by atoms with E-state index in [9.17, 15) is 0 Å². The van der Waals surface area contributed by atoms with Gasteiger partial charge >= 0.3 is 0 Å². The van der Waals surface area contributed by atoms with Crippen molar-refractivity contribution >= 4 is 23.1 Å². The molecular formula is C8H12N4S2. The van der Waals surface area contributed by atoms with Gasteiger partial charge in [0.15, 0.2) is 4.34 Å². The zero-order valence-electron chi connectivity index (χ0n) is 7.93. The Labute approximate surface area is 91.5 Å². The van der Waals surface area contributed by atoms with Crippen molar-refractivity contribution in [1.82, 2.24) is 10.2 Å². The highest BCUT2D eigenvalue weighted by Gasteiger charge is 2.16. The molecule has 0 aliphatic rings. The maximum atomic E-state index is 8.68. The number of nitrogens with two attached hydrogens (primary N) is 1. The van der Waals surface area contributed by atoms with Gasteiger partial charge < -0.3 is 5.73 Å². The molecule has 0 amide bonds. The molecule has 0 saturated heterocycles. The van der Waals surface area contributed by atoms with Crippen LogP contribution in [0.1, 0.15) is 19.8 Å². The molecule has 76 valence electrons. The van der Waals surface area contributed by atoms with Crippen LogP contribution in [0.25, 0.3) is 0 Å². The number of aromatic nitrogens is 2. The van der Waals surface area contributed by atoms with Crippen molar-refractivity contribution in [1.29, 1.82) is 5.26 Å². The van der Waals surface area contributed by atoms with Crippen LogP contribution in [0.15, 0.2) is 9.85 Å². The summed E-state index contributed by atoms with van der Waals surface area (Å²) < 4.78 is 0.973. The van der Waals surface area contributed by atoms with Gasteiger partial charge in [-0.05, 0) is 19.8 Å². The van der Waals surface area contributed by atoms with E-state index in [4.69, 9.17) is 11.0 Å². The highest BCUT2D eigenvalue weighted by Crippen LogP contribution is 2.21. The molecule has 1 heterocycles. The molecule has 0 saturated carbocycles. The third kappa shape index (κ3) is 4.05. The molecule has 1 atom stereocenters. The van der Waals surface area contributed by atoms with Crippen molar-refractivity contribution in [3.8, 4) is 6.07 Å². The molecule has 0 spiro atoms. The van der Waals surface area contributed by atoms with E-state index < -0.39 is 5.54 Å². The highest BCUT2D eigenvalue weighted by molar-refractivity contribution is 8.00. The summed E-state index contributed by atoms with van der Waals surface area (Å²) in [7, 11) is 0. The Bertz CT molecular complexity index is 302. The number of hydrogen-bond acceptors (Lipinski definition) is 6. The first kappa shape index (κ1) is 11.4. The van der Waals surface area contributed by atoms with E-state index in [2.05, 4.69) is 16.3 Å². The maximum Gasteiger partial charge on any atom is 0.174 e. The van der Waals surface area contributed by atoms with Crippen LogP contribution in [-0.4, -0.2) is 21.5 Å². The van der Waals surface area contributed by atoms with Gasteiger partial charge in [0.1, 0.15) is 11.0 Å². The number of rotatable bonds is 5. The normalized spacial score (nSPS) is 14.6. The average Bonchev–Trinajstić information content (AvgIpc) is 2.65. The Morgan fingerprint density at radius 1 is 1.79 bits per heavy atom. The molecule has 0 radical (unpaired) electrons. The minimum atomic E-state index is -0.693. The van der Waals surface area contributed by atoms with E-state index in [1.54, 1.807) is 24.2 Å². The summed E-state index contributed by atoms with van der Waals surface area (Å²) in [6.45, 7) is 1.75. The summed E-state index contributed by atoms with van der Waals surface area (Å²) in [6, 6.07) is 2.08. The molecular weight excluding hydrogens is 216 g/mol.